The lowest BCUT2D eigenvalue weighted by atomic mass is 10.0. The van der Waals surface area contributed by atoms with E-state index < -0.39 is 6.04 Å². The highest BCUT2D eigenvalue weighted by atomic mass is 19.1. The van der Waals surface area contributed by atoms with Crippen LogP contribution in [0.25, 0.3) is 0 Å². The third-order valence-corrected chi connectivity index (χ3v) is 5.03. The summed E-state index contributed by atoms with van der Waals surface area (Å²) in [6.07, 6.45) is 0. The Kier molecular flexibility index (Phi) is 7.55. The number of halogens is 1. The standard InChI is InChI=1S/C26H27FN2O2/c1-19(2)26(31)29(18-21-13-15-23(27)16-14-21)24(22-11-7-4-8-12-22)25(30)28-17-20-9-5-3-6-10-20/h3-16,19,24H,17-18H2,1-2H3,(H,28,30)/t24-/m0/s1. The van der Waals surface area contributed by atoms with E-state index in [1.807, 2.05) is 74.5 Å². The number of hydrogen-bond acceptors (Lipinski definition) is 2. The smallest absolute Gasteiger partial charge is 0.247 e. The summed E-state index contributed by atoms with van der Waals surface area (Å²) in [7, 11) is 0. The Balaban J connectivity index is 1.93. The van der Waals surface area contributed by atoms with E-state index in [1.165, 1.54) is 12.1 Å². The first-order valence-corrected chi connectivity index (χ1v) is 10.4. The van der Waals surface area contributed by atoms with Gasteiger partial charge in [0.05, 0.1) is 0 Å². The third kappa shape index (κ3) is 6.01. The van der Waals surface area contributed by atoms with Crippen LogP contribution in [0.1, 0.15) is 36.6 Å². The second-order valence-corrected chi connectivity index (χ2v) is 7.76. The van der Waals surface area contributed by atoms with Crippen molar-refractivity contribution in [3.8, 4) is 0 Å². The lowest BCUT2D eigenvalue weighted by Crippen LogP contribution is -2.44. The van der Waals surface area contributed by atoms with E-state index in [-0.39, 0.29) is 30.1 Å². The number of carbonyl (C=O) groups excluding carboxylic acids is 2. The number of amides is 2. The van der Waals surface area contributed by atoms with E-state index in [9.17, 15) is 14.0 Å². The predicted octanol–water partition coefficient (Wildman–Crippen LogP) is 4.87. The fourth-order valence-electron chi connectivity index (χ4n) is 3.40. The molecule has 0 aliphatic carbocycles. The average molecular weight is 419 g/mol. The summed E-state index contributed by atoms with van der Waals surface area (Å²) >= 11 is 0. The van der Waals surface area contributed by atoms with Crippen molar-refractivity contribution in [2.75, 3.05) is 0 Å². The SMILES string of the molecule is CC(C)C(=O)N(Cc1ccc(F)cc1)[C@H](C(=O)NCc1ccccc1)c1ccccc1. The summed E-state index contributed by atoms with van der Waals surface area (Å²) in [6.45, 7) is 4.19. The first-order valence-electron chi connectivity index (χ1n) is 10.4. The van der Waals surface area contributed by atoms with Crippen molar-refractivity contribution in [3.63, 3.8) is 0 Å². The van der Waals surface area contributed by atoms with Crippen molar-refractivity contribution in [2.45, 2.75) is 33.0 Å². The van der Waals surface area contributed by atoms with Crippen LogP contribution >= 0.6 is 0 Å². The van der Waals surface area contributed by atoms with Gasteiger partial charge in [-0.1, -0.05) is 86.6 Å². The minimum Gasteiger partial charge on any atom is -0.350 e. The normalized spacial score (nSPS) is 11.7. The van der Waals surface area contributed by atoms with Crippen molar-refractivity contribution < 1.29 is 14.0 Å². The minimum absolute atomic E-state index is 0.145. The highest BCUT2D eigenvalue weighted by molar-refractivity contribution is 5.89. The van der Waals surface area contributed by atoms with Crippen LogP contribution in [0.3, 0.4) is 0 Å². The van der Waals surface area contributed by atoms with Gasteiger partial charge in [0.1, 0.15) is 11.9 Å². The Bertz CT molecular complexity index is 989. The number of hydrogen-bond donors (Lipinski definition) is 1. The fourth-order valence-corrected chi connectivity index (χ4v) is 3.40. The molecule has 0 saturated heterocycles. The Morgan fingerprint density at radius 2 is 1.42 bits per heavy atom. The van der Waals surface area contributed by atoms with Gasteiger partial charge in [-0.15, -0.1) is 0 Å². The molecule has 0 aliphatic heterocycles. The summed E-state index contributed by atoms with van der Waals surface area (Å²) in [5, 5.41) is 2.97. The van der Waals surface area contributed by atoms with Gasteiger partial charge in [-0.25, -0.2) is 4.39 Å². The monoisotopic (exact) mass is 418 g/mol. The number of nitrogens with one attached hydrogen (secondary N) is 1. The summed E-state index contributed by atoms with van der Waals surface area (Å²) < 4.78 is 13.4. The molecule has 3 aromatic carbocycles. The van der Waals surface area contributed by atoms with E-state index >= 15 is 0 Å². The molecule has 0 aliphatic rings. The topological polar surface area (TPSA) is 49.4 Å². The minimum atomic E-state index is -0.801. The van der Waals surface area contributed by atoms with Crippen LogP contribution in [0.4, 0.5) is 4.39 Å². The van der Waals surface area contributed by atoms with Crippen LogP contribution in [-0.2, 0) is 22.7 Å². The number of carbonyl (C=O) groups is 2. The average Bonchev–Trinajstić information content (AvgIpc) is 2.79. The number of nitrogens with zero attached hydrogens (tertiary/aromatic N) is 1. The molecule has 0 spiro atoms. The molecule has 3 aromatic rings. The van der Waals surface area contributed by atoms with Gasteiger partial charge in [-0.3, -0.25) is 9.59 Å². The van der Waals surface area contributed by atoms with Gasteiger partial charge in [0, 0.05) is 19.0 Å². The second kappa shape index (κ2) is 10.5. The maximum absolute atomic E-state index is 13.4. The summed E-state index contributed by atoms with van der Waals surface area (Å²) in [5.41, 5.74) is 2.46. The van der Waals surface area contributed by atoms with E-state index in [4.69, 9.17) is 0 Å². The zero-order chi connectivity index (χ0) is 22.2. The van der Waals surface area contributed by atoms with Crippen LogP contribution in [0.15, 0.2) is 84.9 Å². The predicted molar refractivity (Wildman–Crippen MR) is 119 cm³/mol. The Morgan fingerprint density at radius 3 is 2.00 bits per heavy atom. The van der Waals surface area contributed by atoms with Gasteiger partial charge in [0.15, 0.2) is 0 Å². The Labute approximate surface area is 182 Å². The van der Waals surface area contributed by atoms with Crippen molar-refractivity contribution >= 4 is 11.8 Å². The lowest BCUT2D eigenvalue weighted by Gasteiger charge is -2.33. The van der Waals surface area contributed by atoms with E-state index in [2.05, 4.69) is 5.32 Å². The summed E-state index contributed by atoms with van der Waals surface area (Å²) in [4.78, 5) is 28.1. The molecule has 0 saturated carbocycles. The molecule has 1 atom stereocenters. The molecule has 0 radical (unpaired) electrons. The maximum atomic E-state index is 13.4. The molecule has 4 nitrogen and oxygen atoms in total. The van der Waals surface area contributed by atoms with E-state index in [0.717, 1.165) is 16.7 Å². The molecule has 3 rings (SSSR count). The molecule has 2 amide bonds. The van der Waals surface area contributed by atoms with Crippen molar-refractivity contribution in [3.05, 3.63) is 107 Å². The van der Waals surface area contributed by atoms with Gasteiger partial charge in [0.2, 0.25) is 11.8 Å². The Hall–Kier alpha value is -3.47. The summed E-state index contributed by atoms with van der Waals surface area (Å²) in [6, 6.07) is 24.1. The second-order valence-electron chi connectivity index (χ2n) is 7.76. The Morgan fingerprint density at radius 1 is 0.839 bits per heavy atom. The van der Waals surface area contributed by atoms with Crippen LogP contribution in [0.5, 0.6) is 0 Å². The molecule has 5 heteroatoms. The third-order valence-electron chi connectivity index (χ3n) is 5.03. The molecule has 0 aromatic heterocycles. The van der Waals surface area contributed by atoms with Crippen molar-refractivity contribution in [2.24, 2.45) is 5.92 Å². The largest absolute Gasteiger partial charge is 0.350 e. The van der Waals surface area contributed by atoms with E-state index in [0.29, 0.717) is 6.54 Å². The zero-order valence-corrected chi connectivity index (χ0v) is 17.8. The number of rotatable bonds is 8. The van der Waals surface area contributed by atoms with Crippen LogP contribution in [-0.4, -0.2) is 16.7 Å². The molecular weight excluding hydrogens is 391 g/mol. The molecule has 1 N–H and O–H groups in total. The zero-order valence-electron chi connectivity index (χ0n) is 17.8. The summed E-state index contributed by atoms with van der Waals surface area (Å²) in [5.74, 6) is -1.04. The fraction of sp³-hybridized carbons (Fsp3) is 0.231. The first-order chi connectivity index (χ1) is 15.0. The van der Waals surface area contributed by atoms with Crippen molar-refractivity contribution in [1.29, 1.82) is 0 Å². The lowest BCUT2D eigenvalue weighted by molar-refractivity contribution is -0.144. The molecule has 31 heavy (non-hydrogen) atoms. The van der Waals surface area contributed by atoms with Crippen LogP contribution in [0, 0.1) is 11.7 Å². The van der Waals surface area contributed by atoms with Gasteiger partial charge < -0.3 is 10.2 Å². The molecule has 160 valence electrons. The van der Waals surface area contributed by atoms with Crippen LogP contribution < -0.4 is 5.32 Å². The maximum Gasteiger partial charge on any atom is 0.247 e. The first kappa shape index (κ1) is 22.2. The van der Waals surface area contributed by atoms with Crippen LogP contribution in [0.2, 0.25) is 0 Å². The van der Waals surface area contributed by atoms with Crippen molar-refractivity contribution in [1.82, 2.24) is 10.2 Å². The molecule has 0 fully saturated rings. The molecular formula is C26H27FN2O2. The molecule has 0 heterocycles. The highest BCUT2D eigenvalue weighted by Gasteiger charge is 2.32. The van der Waals surface area contributed by atoms with Gasteiger partial charge in [-0.2, -0.15) is 0 Å². The van der Waals surface area contributed by atoms with Gasteiger partial charge in [0.25, 0.3) is 0 Å². The van der Waals surface area contributed by atoms with Gasteiger partial charge in [-0.05, 0) is 28.8 Å². The highest BCUT2D eigenvalue weighted by Crippen LogP contribution is 2.26. The van der Waals surface area contributed by atoms with Gasteiger partial charge >= 0.3 is 0 Å². The number of benzene rings is 3. The molecule has 0 bridgehead atoms. The van der Waals surface area contributed by atoms with E-state index in [1.54, 1.807) is 17.0 Å². The quantitative estimate of drug-likeness (QED) is 0.568. The molecule has 0 unspecified atom stereocenters.